The van der Waals surface area contributed by atoms with Gasteiger partial charge in [0.1, 0.15) is 0 Å². The maximum absolute atomic E-state index is 14.3. The number of nitrogens with zero attached hydrogens (tertiary/aromatic N) is 3. The van der Waals surface area contributed by atoms with Crippen LogP contribution < -0.4 is 4.90 Å². The molecule has 0 fully saturated rings. The van der Waals surface area contributed by atoms with Gasteiger partial charge in [0.15, 0.2) is 5.82 Å². The zero-order valence-electron chi connectivity index (χ0n) is 20.9. The zero-order valence-corrected chi connectivity index (χ0v) is 20.9. The van der Waals surface area contributed by atoms with Gasteiger partial charge < -0.3 is 4.90 Å². The number of fused-ring (bicyclic) bond motifs is 1. The topological polar surface area (TPSA) is 38.1 Å². The molecule has 0 spiro atoms. The van der Waals surface area contributed by atoms with E-state index in [0.29, 0.717) is 12.4 Å². The van der Waals surface area contributed by atoms with Crippen molar-refractivity contribution in [3.8, 4) is 5.69 Å². The third-order valence-electron chi connectivity index (χ3n) is 6.89. The SMILES string of the molecule is O=C(c1nccn1-c1ccccc1)[C@@H](CN(c1ccccc1)c1ccc2ccccc2c1)c1ccccc1. The van der Waals surface area contributed by atoms with Crippen LogP contribution in [0.1, 0.15) is 22.1 Å². The molecule has 184 valence electrons. The molecule has 0 bridgehead atoms. The van der Waals surface area contributed by atoms with Gasteiger partial charge in [0.05, 0.1) is 5.92 Å². The number of hydrogen-bond donors (Lipinski definition) is 0. The summed E-state index contributed by atoms with van der Waals surface area (Å²) in [5.74, 6) is -0.0314. The first-order chi connectivity index (χ1) is 18.8. The van der Waals surface area contributed by atoms with Crippen LogP contribution in [0.4, 0.5) is 11.4 Å². The van der Waals surface area contributed by atoms with Crippen LogP contribution in [0.15, 0.2) is 146 Å². The number of rotatable bonds is 8. The molecule has 38 heavy (non-hydrogen) atoms. The maximum Gasteiger partial charge on any atom is 0.207 e. The molecule has 4 heteroatoms. The van der Waals surface area contributed by atoms with Gasteiger partial charge in [-0.1, -0.05) is 97.1 Å². The molecule has 0 amide bonds. The lowest BCUT2D eigenvalue weighted by Crippen LogP contribution is -2.30. The monoisotopic (exact) mass is 493 g/mol. The third kappa shape index (κ3) is 4.72. The Kier molecular flexibility index (Phi) is 6.52. The molecule has 1 atom stereocenters. The van der Waals surface area contributed by atoms with Crippen LogP contribution >= 0.6 is 0 Å². The highest BCUT2D eigenvalue weighted by Gasteiger charge is 2.29. The summed E-state index contributed by atoms with van der Waals surface area (Å²) in [6.45, 7) is 0.465. The smallest absolute Gasteiger partial charge is 0.207 e. The van der Waals surface area contributed by atoms with Gasteiger partial charge in [-0.25, -0.2) is 4.98 Å². The summed E-state index contributed by atoms with van der Waals surface area (Å²) >= 11 is 0. The fourth-order valence-electron chi connectivity index (χ4n) is 4.96. The quantitative estimate of drug-likeness (QED) is 0.203. The minimum atomic E-state index is -0.437. The van der Waals surface area contributed by atoms with Crippen molar-refractivity contribution in [3.63, 3.8) is 0 Å². The summed E-state index contributed by atoms with van der Waals surface area (Å²) < 4.78 is 1.88. The van der Waals surface area contributed by atoms with Gasteiger partial charge in [-0.15, -0.1) is 0 Å². The maximum atomic E-state index is 14.3. The van der Waals surface area contributed by atoms with Crippen LogP contribution in [0.5, 0.6) is 0 Å². The van der Waals surface area contributed by atoms with Crippen molar-refractivity contribution >= 4 is 27.9 Å². The van der Waals surface area contributed by atoms with E-state index in [9.17, 15) is 4.79 Å². The first kappa shape index (κ1) is 23.4. The molecule has 0 saturated carbocycles. The second-order valence-electron chi connectivity index (χ2n) is 9.26. The Morgan fingerprint density at radius 1 is 0.684 bits per heavy atom. The van der Waals surface area contributed by atoms with Gasteiger partial charge in [0.25, 0.3) is 0 Å². The standard InChI is InChI=1S/C34H27N3O/c38-33(34-35-22-23-36(34)29-16-6-2-7-17-29)32(27-13-4-1-5-14-27)25-37(30-18-8-3-9-19-30)31-21-20-26-12-10-11-15-28(26)24-31/h1-24,32H,25H2/t32-/m0/s1. The van der Waals surface area contributed by atoms with Gasteiger partial charge in [0, 0.05) is 36.0 Å². The van der Waals surface area contributed by atoms with E-state index < -0.39 is 5.92 Å². The Morgan fingerprint density at radius 3 is 2.05 bits per heavy atom. The summed E-state index contributed by atoms with van der Waals surface area (Å²) in [7, 11) is 0. The molecule has 0 aliphatic rings. The van der Waals surface area contributed by atoms with E-state index in [1.807, 2.05) is 89.6 Å². The normalized spacial score (nSPS) is 11.8. The van der Waals surface area contributed by atoms with Gasteiger partial charge in [-0.3, -0.25) is 9.36 Å². The molecule has 0 aliphatic carbocycles. The first-order valence-electron chi connectivity index (χ1n) is 12.8. The Morgan fingerprint density at radius 2 is 1.32 bits per heavy atom. The van der Waals surface area contributed by atoms with Crippen molar-refractivity contribution in [1.29, 1.82) is 0 Å². The Bertz CT molecular complexity index is 1660. The molecule has 6 rings (SSSR count). The van der Waals surface area contributed by atoms with Gasteiger partial charge in [-0.05, 0) is 52.7 Å². The summed E-state index contributed by atoms with van der Waals surface area (Å²) in [6, 6.07) is 45.0. The summed E-state index contributed by atoms with van der Waals surface area (Å²) in [6.07, 6.45) is 3.55. The first-order valence-corrected chi connectivity index (χ1v) is 12.8. The number of para-hydroxylation sites is 2. The molecule has 6 aromatic rings. The molecule has 4 nitrogen and oxygen atoms in total. The van der Waals surface area contributed by atoms with Crippen molar-refractivity contribution in [3.05, 3.63) is 157 Å². The number of ketones is 1. The molecular weight excluding hydrogens is 466 g/mol. The average molecular weight is 494 g/mol. The largest absolute Gasteiger partial charge is 0.340 e. The Balaban J connectivity index is 1.45. The lowest BCUT2D eigenvalue weighted by Gasteiger charge is -2.29. The van der Waals surface area contributed by atoms with Gasteiger partial charge in [0.2, 0.25) is 5.78 Å². The molecule has 0 N–H and O–H groups in total. The summed E-state index contributed by atoms with van der Waals surface area (Å²) in [5, 5.41) is 2.35. The van der Waals surface area contributed by atoms with E-state index in [1.54, 1.807) is 6.20 Å². The van der Waals surface area contributed by atoms with Crippen LogP contribution in [0, 0.1) is 0 Å². The van der Waals surface area contributed by atoms with E-state index in [2.05, 4.69) is 64.5 Å². The predicted molar refractivity (Wildman–Crippen MR) is 154 cm³/mol. The molecule has 1 heterocycles. The van der Waals surface area contributed by atoms with E-state index in [0.717, 1.165) is 28.0 Å². The van der Waals surface area contributed by atoms with Crippen molar-refractivity contribution < 1.29 is 4.79 Å². The molecular formula is C34H27N3O. The minimum absolute atomic E-state index is 0.0215. The zero-order chi connectivity index (χ0) is 25.7. The van der Waals surface area contributed by atoms with Crippen LogP contribution in [0.2, 0.25) is 0 Å². The number of anilines is 2. The van der Waals surface area contributed by atoms with E-state index in [1.165, 1.54) is 5.39 Å². The van der Waals surface area contributed by atoms with E-state index in [4.69, 9.17) is 0 Å². The number of aromatic nitrogens is 2. The molecule has 0 saturated heterocycles. The second kappa shape index (κ2) is 10.6. The summed E-state index contributed by atoms with van der Waals surface area (Å²) in [4.78, 5) is 21.1. The fourth-order valence-corrected chi connectivity index (χ4v) is 4.96. The number of Topliss-reactive ketones (excluding diaryl/α,β-unsaturated/α-hetero) is 1. The average Bonchev–Trinajstić information content (AvgIpc) is 3.49. The van der Waals surface area contributed by atoms with Crippen LogP contribution in [-0.2, 0) is 0 Å². The minimum Gasteiger partial charge on any atom is -0.340 e. The molecule has 5 aromatic carbocycles. The van der Waals surface area contributed by atoms with E-state index in [-0.39, 0.29) is 5.78 Å². The predicted octanol–water partition coefficient (Wildman–Crippen LogP) is 7.83. The number of benzene rings is 5. The fraction of sp³-hybridized carbons (Fsp3) is 0.0588. The van der Waals surface area contributed by atoms with Crippen LogP contribution in [0.3, 0.4) is 0 Å². The number of hydrogen-bond acceptors (Lipinski definition) is 3. The molecule has 1 aromatic heterocycles. The highest BCUT2D eigenvalue weighted by molar-refractivity contribution is 5.99. The van der Waals surface area contributed by atoms with E-state index >= 15 is 0 Å². The third-order valence-corrected chi connectivity index (χ3v) is 6.89. The number of carbonyl (C=O) groups is 1. The number of imidazole rings is 1. The van der Waals surface area contributed by atoms with Crippen molar-refractivity contribution in [1.82, 2.24) is 9.55 Å². The molecule has 0 unspecified atom stereocenters. The molecule has 0 radical (unpaired) electrons. The van der Waals surface area contributed by atoms with Crippen LogP contribution in [-0.4, -0.2) is 21.9 Å². The molecule has 0 aliphatic heterocycles. The highest BCUT2D eigenvalue weighted by atomic mass is 16.1. The number of carbonyl (C=O) groups excluding carboxylic acids is 1. The second-order valence-corrected chi connectivity index (χ2v) is 9.26. The van der Waals surface area contributed by atoms with Crippen LogP contribution in [0.25, 0.3) is 16.5 Å². The Labute approximate surface area is 222 Å². The van der Waals surface area contributed by atoms with Crippen molar-refractivity contribution in [2.24, 2.45) is 0 Å². The van der Waals surface area contributed by atoms with Crippen molar-refractivity contribution in [2.45, 2.75) is 5.92 Å². The highest BCUT2D eigenvalue weighted by Crippen LogP contribution is 2.33. The lowest BCUT2D eigenvalue weighted by atomic mass is 9.92. The van der Waals surface area contributed by atoms with Crippen molar-refractivity contribution in [2.75, 3.05) is 11.4 Å². The Hall–Kier alpha value is -4.96. The lowest BCUT2D eigenvalue weighted by molar-refractivity contribution is 0.0950. The van der Waals surface area contributed by atoms with Gasteiger partial charge in [-0.2, -0.15) is 0 Å². The van der Waals surface area contributed by atoms with Gasteiger partial charge >= 0.3 is 0 Å². The summed E-state index contributed by atoms with van der Waals surface area (Å²) in [5.41, 5.74) is 3.94.